The van der Waals surface area contributed by atoms with E-state index in [1.54, 1.807) is 38.3 Å². The van der Waals surface area contributed by atoms with E-state index < -0.39 is 29.0 Å². The third-order valence-electron chi connectivity index (χ3n) is 8.26. The van der Waals surface area contributed by atoms with Gasteiger partial charge >= 0.3 is 6.18 Å². The molecule has 1 aliphatic rings. The molecule has 0 unspecified atom stereocenters. The van der Waals surface area contributed by atoms with Gasteiger partial charge in [0.05, 0.1) is 25.9 Å². The SMILES string of the molecule is CCOc1cc(F)c(-c2c(OCC3CCN(C)CC3)cc(NC(C)=O)cc2C(F)(F)F)c(-c2cccnc2OCc2ccc(OC)cc2)c1. The summed E-state index contributed by atoms with van der Waals surface area (Å²) in [5.74, 6) is -0.827. The molecule has 1 saturated heterocycles. The number of pyridine rings is 1. The smallest absolute Gasteiger partial charge is 0.417 e. The van der Waals surface area contributed by atoms with E-state index in [0.29, 0.717) is 5.75 Å². The lowest BCUT2D eigenvalue weighted by Crippen LogP contribution is -2.32. The van der Waals surface area contributed by atoms with E-state index in [1.807, 2.05) is 19.2 Å². The van der Waals surface area contributed by atoms with E-state index in [1.165, 1.54) is 25.3 Å². The molecule has 2 heterocycles. The number of carbonyl (C=O) groups excluding carboxylic acids is 1. The minimum Gasteiger partial charge on any atom is -0.497 e. The zero-order valence-electron chi connectivity index (χ0n) is 27.8. The van der Waals surface area contributed by atoms with Crippen LogP contribution in [0.15, 0.2) is 66.9 Å². The van der Waals surface area contributed by atoms with Gasteiger partial charge in [-0.2, -0.15) is 13.2 Å². The molecule has 0 atom stereocenters. The van der Waals surface area contributed by atoms with Gasteiger partial charge in [0.15, 0.2) is 0 Å². The molecule has 1 N–H and O–H groups in total. The fraction of sp³-hybridized carbons (Fsp3) is 0.351. The molecule has 12 heteroatoms. The summed E-state index contributed by atoms with van der Waals surface area (Å²) in [5, 5.41) is 2.44. The lowest BCUT2D eigenvalue weighted by molar-refractivity contribution is -0.137. The predicted octanol–water partition coefficient (Wildman–Crippen LogP) is 8.24. The van der Waals surface area contributed by atoms with Gasteiger partial charge < -0.3 is 29.2 Å². The van der Waals surface area contributed by atoms with E-state index >= 15 is 17.6 Å². The van der Waals surface area contributed by atoms with E-state index in [4.69, 9.17) is 18.9 Å². The Morgan fingerprint density at radius 1 is 0.959 bits per heavy atom. The average Bonchev–Trinajstić information content (AvgIpc) is 3.07. The fourth-order valence-electron chi connectivity index (χ4n) is 5.81. The second-order valence-corrected chi connectivity index (χ2v) is 11.9. The number of hydrogen-bond acceptors (Lipinski definition) is 7. The molecular formula is C37H39F4N3O5. The van der Waals surface area contributed by atoms with Crippen LogP contribution in [0.2, 0.25) is 0 Å². The first-order valence-corrected chi connectivity index (χ1v) is 16.0. The number of hydrogen-bond donors (Lipinski definition) is 1. The van der Waals surface area contributed by atoms with Crippen molar-refractivity contribution < 1.29 is 41.3 Å². The summed E-state index contributed by atoms with van der Waals surface area (Å²) in [7, 11) is 3.56. The highest BCUT2D eigenvalue weighted by molar-refractivity contribution is 5.94. The molecule has 0 aliphatic carbocycles. The van der Waals surface area contributed by atoms with Gasteiger partial charge in [-0.15, -0.1) is 0 Å². The molecule has 1 aliphatic heterocycles. The summed E-state index contributed by atoms with van der Waals surface area (Å²) < 4.78 is 84.7. The maximum absolute atomic E-state index is 16.5. The molecular weight excluding hydrogens is 642 g/mol. The summed E-state index contributed by atoms with van der Waals surface area (Å²) in [4.78, 5) is 18.5. The largest absolute Gasteiger partial charge is 0.497 e. The van der Waals surface area contributed by atoms with Gasteiger partial charge in [-0.05, 0) is 87.8 Å². The van der Waals surface area contributed by atoms with E-state index in [9.17, 15) is 4.79 Å². The highest BCUT2D eigenvalue weighted by Gasteiger charge is 2.38. The fourth-order valence-corrected chi connectivity index (χ4v) is 5.81. The normalized spacial score (nSPS) is 14.0. The minimum absolute atomic E-state index is 0.0585. The number of anilines is 1. The number of likely N-dealkylation sites (tertiary alicyclic amines) is 1. The van der Waals surface area contributed by atoms with Crippen molar-refractivity contribution in [1.82, 2.24) is 9.88 Å². The van der Waals surface area contributed by atoms with Crippen molar-refractivity contribution in [1.29, 1.82) is 0 Å². The number of amides is 1. The third-order valence-corrected chi connectivity index (χ3v) is 8.26. The van der Waals surface area contributed by atoms with Crippen molar-refractivity contribution in [3.8, 4) is 45.4 Å². The van der Waals surface area contributed by atoms with Gasteiger partial charge in [0.2, 0.25) is 11.8 Å². The molecule has 0 spiro atoms. The van der Waals surface area contributed by atoms with Crippen LogP contribution in [0.5, 0.6) is 23.1 Å². The molecule has 8 nitrogen and oxygen atoms in total. The highest BCUT2D eigenvalue weighted by atomic mass is 19.4. The number of aromatic nitrogens is 1. The van der Waals surface area contributed by atoms with Crippen LogP contribution in [-0.2, 0) is 17.6 Å². The van der Waals surface area contributed by atoms with Crippen LogP contribution in [0.3, 0.4) is 0 Å². The number of piperidine rings is 1. The van der Waals surface area contributed by atoms with E-state index in [0.717, 1.165) is 43.6 Å². The molecule has 5 rings (SSSR count). The molecule has 3 aromatic carbocycles. The zero-order valence-corrected chi connectivity index (χ0v) is 27.8. The Balaban J connectivity index is 1.68. The van der Waals surface area contributed by atoms with Crippen LogP contribution in [0.25, 0.3) is 22.3 Å². The van der Waals surface area contributed by atoms with Gasteiger partial charge in [-0.3, -0.25) is 4.79 Å². The molecule has 1 aromatic heterocycles. The summed E-state index contributed by atoms with van der Waals surface area (Å²) in [6.45, 7) is 4.92. The first-order chi connectivity index (χ1) is 23.5. The Morgan fingerprint density at radius 3 is 2.35 bits per heavy atom. The minimum atomic E-state index is -4.96. The van der Waals surface area contributed by atoms with Crippen LogP contribution in [0, 0.1) is 11.7 Å². The molecule has 0 bridgehead atoms. The Labute approximate surface area is 283 Å². The maximum Gasteiger partial charge on any atom is 0.417 e. The molecule has 4 aromatic rings. The van der Waals surface area contributed by atoms with Crippen molar-refractivity contribution in [2.45, 2.75) is 39.5 Å². The predicted molar refractivity (Wildman–Crippen MR) is 179 cm³/mol. The number of nitrogens with one attached hydrogen (secondary N) is 1. The van der Waals surface area contributed by atoms with Crippen LogP contribution >= 0.6 is 0 Å². The number of carbonyl (C=O) groups is 1. The first-order valence-electron chi connectivity index (χ1n) is 16.0. The van der Waals surface area contributed by atoms with Crippen LogP contribution in [-0.4, -0.2) is 56.3 Å². The Hall–Kier alpha value is -4.84. The monoisotopic (exact) mass is 681 g/mol. The first kappa shape index (κ1) is 35.5. The third kappa shape index (κ3) is 8.80. The Morgan fingerprint density at radius 2 is 1.69 bits per heavy atom. The van der Waals surface area contributed by atoms with Gasteiger partial charge in [0, 0.05) is 53.2 Å². The lowest BCUT2D eigenvalue weighted by Gasteiger charge is -2.29. The Bertz CT molecular complexity index is 1760. The molecule has 260 valence electrons. The van der Waals surface area contributed by atoms with Gasteiger partial charge in [-0.25, -0.2) is 9.37 Å². The molecule has 1 amide bonds. The van der Waals surface area contributed by atoms with Crippen molar-refractivity contribution in [2.75, 3.05) is 45.8 Å². The van der Waals surface area contributed by atoms with Crippen LogP contribution in [0.4, 0.5) is 23.2 Å². The van der Waals surface area contributed by atoms with Crippen molar-refractivity contribution in [2.24, 2.45) is 5.92 Å². The topological polar surface area (TPSA) is 82.2 Å². The van der Waals surface area contributed by atoms with Crippen molar-refractivity contribution in [3.05, 3.63) is 83.8 Å². The summed E-state index contributed by atoms with van der Waals surface area (Å²) in [6, 6.07) is 15.0. The van der Waals surface area contributed by atoms with Crippen LogP contribution in [0.1, 0.15) is 37.8 Å². The van der Waals surface area contributed by atoms with Gasteiger partial charge in [0.25, 0.3) is 0 Å². The molecule has 49 heavy (non-hydrogen) atoms. The quantitative estimate of drug-likeness (QED) is 0.151. The molecule has 0 radical (unpaired) electrons. The number of halogens is 4. The maximum atomic E-state index is 16.5. The second kappa shape index (κ2) is 15.6. The number of methoxy groups -OCH3 is 1. The molecule has 1 fully saturated rings. The summed E-state index contributed by atoms with van der Waals surface area (Å²) >= 11 is 0. The second-order valence-electron chi connectivity index (χ2n) is 11.9. The lowest BCUT2D eigenvalue weighted by atomic mass is 9.89. The number of ether oxygens (including phenoxy) is 4. The number of nitrogens with zero attached hydrogens (tertiary/aromatic N) is 2. The summed E-state index contributed by atoms with van der Waals surface area (Å²) in [5.41, 5.74) is -1.09. The van der Waals surface area contributed by atoms with Crippen molar-refractivity contribution in [3.63, 3.8) is 0 Å². The van der Waals surface area contributed by atoms with Crippen molar-refractivity contribution >= 4 is 11.6 Å². The standard InChI is InChI=1S/C37H39F4N3O5/c1-5-47-28-19-30(29-7-6-14-42-36(29)49-22-24-8-10-27(46-4)11-9-24)34(32(38)20-28)35-31(37(39,40)41)17-26(43-23(2)45)18-33(35)48-21-25-12-15-44(3)16-13-25/h6-11,14,17-20,25H,5,12-13,15-16,21-22H2,1-4H3,(H,43,45). The summed E-state index contributed by atoms with van der Waals surface area (Å²) in [6.07, 6.45) is -1.90. The van der Waals surface area contributed by atoms with Gasteiger partial charge in [-0.1, -0.05) is 12.1 Å². The van der Waals surface area contributed by atoms with E-state index in [2.05, 4.69) is 15.2 Å². The Kier molecular flexibility index (Phi) is 11.3. The van der Waals surface area contributed by atoms with Gasteiger partial charge in [0.1, 0.15) is 29.7 Å². The zero-order chi connectivity index (χ0) is 35.1. The average molecular weight is 682 g/mol. The van der Waals surface area contributed by atoms with Crippen LogP contribution < -0.4 is 24.3 Å². The highest BCUT2D eigenvalue weighted by Crippen LogP contribution is 2.50. The number of alkyl halides is 3. The number of rotatable bonds is 12. The van der Waals surface area contributed by atoms with E-state index in [-0.39, 0.29) is 65.5 Å². The molecule has 0 saturated carbocycles. The number of benzene rings is 3.